The molecular formula is C23H25N3O3. The number of aromatic nitrogens is 2. The Bertz CT molecular complexity index is 973. The first-order chi connectivity index (χ1) is 14.1. The highest BCUT2D eigenvalue weighted by molar-refractivity contribution is 5.94. The van der Waals surface area contributed by atoms with Crippen molar-refractivity contribution >= 4 is 5.91 Å². The number of benzene rings is 2. The molecule has 2 aromatic carbocycles. The van der Waals surface area contributed by atoms with Crippen molar-refractivity contribution in [2.75, 3.05) is 13.1 Å². The first kappa shape index (κ1) is 19.2. The van der Waals surface area contributed by atoms with E-state index in [1.54, 1.807) is 0 Å². The molecule has 3 aromatic rings. The molecule has 0 saturated carbocycles. The van der Waals surface area contributed by atoms with Crippen molar-refractivity contribution < 1.29 is 14.1 Å². The Hall–Kier alpha value is -3.15. The SMILES string of the molecule is Cc1ccc(OCc2nc(C3CCN(C(=O)c4cccc(C)c4)CC3)no2)cc1. The Kier molecular flexibility index (Phi) is 5.60. The van der Waals surface area contributed by atoms with Gasteiger partial charge in [0.1, 0.15) is 5.75 Å². The Morgan fingerprint density at radius 2 is 1.86 bits per heavy atom. The van der Waals surface area contributed by atoms with E-state index in [1.807, 2.05) is 67.3 Å². The van der Waals surface area contributed by atoms with Gasteiger partial charge in [0, 0.05) is 24.6 Å². The Balaban J connectivity index is 1.31. The predicted molar refractivity (Wildman–Crippen MR) is 109 cm³/mol. The molecular weight excluding hydrogens is 366 g/mol. The zero-order valence-electron chi connectivity index (χ0n) is 16.8. The maximum Gasteiger partial charge on any atom is 0.264 e. The second-order valence-electron chi connectivity index (χ2n) is 7.58. The largest absolute Gasteiger partial charge is 0.484 e. The summed E-state index contributed by atoms with van der Waals surface area (Å²) in [7, 11) is 0. The van der Waals surface area contributed by atoms with Gasteiger partial charge in [-0.25, -0.2) is 0 Å². The lowest BCUT2D eigenvalue weighted by Crippen LogP contribution is -2.38. The lowest BCUT2D eigenvalue weighted by atomic mass is 9.95. The van der Waals surface area contributed by atoms with Gasteiger partial charge < -0.3 is 14.2 Å². The highest BCUT2D eigenvalue weighted by Crippen LogP contribution is 2.27. The summed E-state index contributed by atoms with van der Waals surface area (Å²) >= 11 is 0. The lowest BCUT2D eigenvalue weighted by Gasteiger charge is -2.30. The van der Waals surface area contributed by atoms with Gasteiger partial charge in [-0.2, -0.15) is 4.98 Å². The average Bonchev–Trinajstić information content (AvgIpc) is 3.22. The van der Waals surface area contributed by atoms with Crippen LogP contribution in [0.25, 0.3) is 0 Å². The van der Waals surface area contributed by atoms with Gasteiger partial charge in [0.2, 0.25) is 0 Å². The minimum atomic E-state index is 0.0902. The summed E-state index contributed by atoms with van der Waals surface area (Å²) in [6, 6.07) is 15.6. The number of piperidine rings is 1. The molecule has 1 aliphatic rings. The topological polar surface area (TPSA) is 68.5 Å². The number of rotatable bonds is 5. The molecule has 150 valence electrons. The summed E-state index contributed by atoms with van der Waals surface area (Å²) in [6.45, 7) is 5.68. The van der Waals surface area contributed by atoms with Gasteiger partial charge >= 0.3 is 0 Å². The van der Waals surface area contributed by atoms with Crippen LogP contribution in [-0.2, 0) is 6.61 Å². The first-order valence-electron chi connectivity index (χ1n) is 9.96. The monoisotopic (exact) mass is 391 g/mol. The van der Waals surface area contributed by atoms with Crippen LogP contribution in [0, 0.1) is 13.8 Å². The summed E-state index contributed by atoms with van der Waals surface area (Å²) in [5, 5.41) is 4.14. The molecule has 1 saturated heterocycles. The fraction of sp³-hybridized carbons (Fsp3) is 0.348. The Morgan fingerprint density at radius 1 is 1.10 bits per heavy atom. The number of nitrogens with zero attached hydrogens (tertiary/aromatic N) is 3. The Labute approximate surface area is 170 Å². The van der Waals surface area contributed by atoms with Crippen molar-refractivity contribution in [1.29, 1.82) is 0 Å². The summed E-state index contributed by atoms with van der Waals surface area (Å²) in [5.74, 6) is 2.24. The van der Waals surface area contributed by atoms with Crippen molar-refractivity contribution in [2.45, 2.75) is 39.2 Å². The maximum atomic E-state index is 12.7. The van der Waals surface area contributed by atoms with Gasteiger partial charge in [-0.05, 0) is 51.0 Å². The molecule has 2 heterocycles. The molecule has 1 aliphatic heterocycles. The number of amides is 1. The molecule has 0 bridgehead atoms. The van der Waals surface area contributed by atoms with Crippen molar-refractivity contribution in [2.24, 2.45) is 0 Å². The highest BCUT2D eigenvalue weighted by Gasteiger charge is 2.27. The molecule has 29 heavy (non-hydrogen) atoms. The van der Waals surface area contributed by atoms with Crippen LogP contribution in [0.2, 0.25) is 0 Å². The average molecular weight is 391 g/mol. The van der Waals surface area contributed by atoms with Gasteiger partial charge in [0.05, 0.1) is 0 Å². The fourth-order valence-electron chi connectivity index (χ4n) is 3.57. The van der Waals surface area contributed by atoms with Crippen LogP contribution in [0.3, 0.4) is 0 Å². The molecule has 1 aromatic heterocycles. The van der Waals surface area contributed by atoms with Gasteiger partial charge in [0.25, 0.3) is 11.8 Å². The highest BCUT2D eigenvalue weighted by atomic mass is 16.5. The molecule has 0 unspecified atom stereocenters. The molecule has 1 fully saturated rings. The number of ether oxygens (including phenoxy) is 1. The van der Waals surface area contributed by atoms with E-state index in [4.69, 9.17) is 9.26 Å². The van der Waals surface area contributed by atoms with Crippen molar-refractivity contribution in [3.05, 3.63) is 76.9 Å². The van der Waals surface area contributed by atoms with Crippen LogP contribution in [-0.4, -0.2) is 34.0 Å². The summed E-state index contributed by atoms with van der Waals surface area (Å²) in [5.41, 5.74) is 3.03. The number of hydrogen-bond acceptors (Lipinski definition) is 5. The van der Waals surface area contributed by atoms with Gasteiger partial charge in [-0.15, -0.1) is 0 Å². The Morgan fingerprint density at radius 3 is 2.59 bits per heavy atom. The third kappa shape index (κ3) is 4.65. The molecule has 0 radical (unpaired) electrons. The van der Waals surface area contributed by atoms with E-state index in [0.717, 1.165) is 29.7 Å². The van der Waals surface area contributed by atoms with Gasteiger partial charge in [-0.3, -0.25) is 4.79 Å². The van der Waals surface area contributed by atoms with Crippen LogP contribution in [0.4, 0.5) is 0 Å². The second-order valence-corrected chi connectivity index (χ2v) is 7.58. The van der Waals surface area contributed by atoms with Crippen LogP contribution >= 0.6 is 0 Å². The van der Waals surface area contributed by atoms with Crippen LogP contribution in [0.1, 0.15) is 52.0 Å². The number of aryl methyl sites for hydroxylation is 2. The van der Waals surface area contributed by atoms with E-state index in [-0.39, 0.29) is 18.4 Å². The minimum Gasteiger partial charge on any atom is -0.484 e. The molecule has 0 spiro atoms. The van der Waals surface area contributed by atoms with E-state index >= 15 is 0 Å². The quantitative estimate of drug-likeness (QED) is 0.649. The minimum absolute atomic E-state index is 0.0902. The summed E-state index contributed by atoms with van der Waals surface area (Å²) in [6.07, 6.45) is 1.66. The molecule has 0 atom stereocenters. The van der Waals surface area contributed by atoms with Crippen LogP contribution in [0.5, 0.6) is 5.75 Å². The van der Waals surface area contributed by atoms with Crippen molar-refractivity contribution in [3.63, 3.8) is 0 Å². The molecule has 4 rings (SSSR count). The van der Waals surface area contributed by atoms with Crippen LogP contribution < -0.4 is 4.74 Å². The van der Waals surface area contributed by atoms with Crippen molar-refractivity contribution in [1.82, 2.24) is 15.0 Å². The number of carbonyl (C=O) groups excluding carboxylic acids is 1. The van der Waals surface area contributed by atoms with Gasteiger partial charge in [-0.1, -0.05) is 40.5 Å². The van der Waals surface area contributed by atoms with Gasteiger partial charge in [0.15, 0.2) is 12.4 Å². The number of hydrogen-bond donors (Lipinski definition) is 0. The first-order valence-corrected chi connectivity index (χ1v) is 9.96. The smallest absolute Gasteiger partial charge is 0.264 e. The third-order valence-corrected chi connectivity index (χ3v) is 5.28. The molecule has 6 nitrogen and oxygen atoms in total. The fourth-order valence-corrected chi connectivity index (χ4v) is 3.57. The van der Waals surface area contributed by atoms with Crippen molar-refractivity contribution in [3.8, 4) is 5.75 Å². The van der Waals surface area contributed by atoms with E-state index in [0.29, 0.717) is 24.8 Å². The zero-order chi connectivity index (χ0) is 20.2. The van der Waals surface area contributed by atoms with E-state index in [2.05, 4.69) is 10.1 Å². The summed E-state index contributed by atoms with van der Waals surface area (Å²) in [4.78, 5) is 19.1. The van der Waals surface area contributed by atoms with Crippen LogP contribution in [0.15, 0.2) is 53.1 Å². The maximum absolute atomic E-state index is 12.7. The standard InChI is InChI=1S/C23H25N3O3/c1-16-6-8-20(9-7-16)28-15-21-24-22(25-29-21)18-10-12-26(13-11-18)23(27)19-5-3-4-17(2)14-19/h3-9,14,18H,10-13,15H2,1-2H3. The lowest BCUT2D eigenvalue weighted by molar-refractivity contribution is 0.0710. The van der Waals surface area contributed by atoms with E-state index in [1.165, 1.54) is 5.56 Å². The predicted octanol–water partition coefficient (Wildman–Crippen LogP) is 4.29. The number of likely N-dealkylation sites (tertiary alicyclic amines) is 1. The molecule has 6 heteroatoms. The molecule has 1 amide bonds. The van der Waals surface area contributed by atoms with E-state index < -0.39 is 0 Å². The van der Waals surface area contributed by atoms with E-state index in [9.17, 15) is 4.79 Å². The molecule has 0 aliphatic carbocycles. The number of carbonyl (C=O) groups is 1. The third-order valence-electron chi connectivity index (χ3n) is 5.28. The summed E-state index contributed by atoms with van der Waals surface area (Å²) < 4.78 is 11.1. The molecule has 0 N–H and O–H groups in total. The zero-order valence-corrected chi connectivity index (χ0v) is 16.8. The normalized spacial score (nSPS) is 14.8. The second kappa shape index (κ2) is 8.47.